The van der Waals surface area contributed by atoms with Gasteiger partial charge in [-0.2, -0.15) is 0 Å². The van der Waals surface area contributed by atoms with Crippen LogP contribution < -0.4 is 5.32 Å². The molecular formula is C27H28N2O5. The van der Waals surface area contributed by atoms with Crippen LogP contribution in [0.3, 0.4) is 0 Å². The zero-order valence-corrected chi connectivity index (χ0v) is 18.9. The number of benzene rings is 2. The van der Waals surface area contributed by atoms with Gasteiger partial charge in [0.1, 0.15) is 6.61 Å². The molecule has 0 bridgehead atoms. The van der Waals surface area contributed by atoms with Crippen LogP contribution in [0.4, 0.5) is 4.79 Å². The number of carboxylic acid groups (broad SMARTS) is 1. The number of fused-ring (bicyclic) bond motifs is 3. The lowest BCUT2D eigenvalue weighted by Crippen LogP contribution is -2.40. The number of nitrogens with one attached hydrogen (secondary N) is 1. The predicted molar refractivity (Wildman–Crippen MR) is 126 cm³/mol. The number of nitrogens with zero attached hydrogens (tertiary/aromatic N) is 1. The van der Waals surface area contributed by atoms with E-state index in [1.165, 1.54) is 22.3 Å². The van der Waals surface area contributed by atoms with Crippen molar-refractivity contribution in [3.63, 3.8) is 0 Å². The Hall–Kier alpha value is -3.61. The molecule has 2 aromatic carbocycles. The summed E-state index contributed by atoms with van der Waals surface area (Å²) >= 11 is 0. The van der Waals surface area contributed by atoms with Gasteiger partial charge in [-0.15, -0.1) is 0 Å². The Bertz CT molecular complexity index is 1110. The van der Waals surface area contributed by atoms with Gasteiger partial charge in [-0.05, 0) is 47.9 Å². The molecule has 0 unspecified atom stereocenters. The smallest absolute Gasteiger partial charge is 0.407 e. The Morgan fingerprint density at radius 1 is 1.00 bits per heavy atom. The molecule has 2 N–H and O–H groups in total. The van der Waals surface area contributed by atoms with Crippen molar-refractivity contribution in [2.45, 2.75) is 37.6 Å². The maximum atomic E-state index is 12.8. The van der Waals surface area contributed by atoms with E-state index in [9.17, 15) is 14.4 Å². The molecule has 1 fully saturated rings. The molecule has 34 heavy (non-hydrogen) atoms. The first-order chi connectivity index (χ1) is 16.5. The van der Waals surface area contributed by atoms with Gasteiger partial charge in [0.25, 0.3) is 0 Å². The van der Waals surface area contributed by atoms with E-state index in [0.717, 1.165) is 6.42 Å². The highest BCUT2D eigenvalue weighted by atomic mass is 16.5. The van der Waals surface area contributed by atoms with Crippen molar-refractivity contribution in [1.82, 2.24) is 10.2 Å². The monoisotopic (exact) mass is 460 g/mol. The zero-order chi connectivity index (χ0) is 23.7. The first-order valence-electron chi connectivity index (χ1n) is 11.8. The number of ether oxygens (including phenoxy) is 1. The molecule has 2 amide bonds. The van der Waals surface area contributed by atoms with E-state index in [4.69, 9.17) is 9.84 Å². The Kier molecular flexibility index (Phi) is 6.09. The fourth-order valence-electron chi connectivity index (χ4n) is 5.47. The molecule has 176 valence electrons. The summed E-state index contributed by atoms with van der Waals surface area (Å²) in [5.74, 6) is -1.02. The van der Waals surface area contributed by atoms with Crippen LogP contribution in [0, 0.1) is 5.92 Å². The number of hydrogen-bond donors (Lipinski definition) is 2. The Morgan fingerprint density at radius 3 is 2.29 bits per heavy atom. The SMILES string of the molecule is O=C(N[C@@H]1CC[C@H](C(=O)N2CC=C(C(=O)O)CC2)C1)OCC1c2ccccc2-c2ccccc21. The minimum Gasteiger partial charge on any atom is -0.478 e. The quantitative estimate of drug-likeness (QED) is 0.705. The van der Waals surface area contributed by atoms with E-state index >= 15 is 0 Å². The molecule has 0 aromatic heterocycles. The molecule has 5 rings (SSSR count). The second-order valence-corrected chi connectivity index (χ2v) is 9.25. The molecule has 7 nitrogen and oxygen atoms in total. The van der Waals surface area contributed by atoms with Crippen molar-refractivity contribution in [3.8, 4) is 11.1 Å². The van der Waals surface area contributed by atoms with E-state index in [-0.39, 0.29) is 30.4 Å². The summed E-state index contributed by atoms with van der Waals surface area (Å²) in [4.78, 5) is 38.2. The van der Waals surface area contributed by atoms with E-state index in [1.807, 2.05) is 24.3 Å². The van der Waals surface area contributed by atoms with Gasteiger partial charge in [0.15, 0.2) is 0 Å². The van der Waals surface area contributed by atoms with Crippen LogP contribution in [-0.2, 0) is 14.3 Å². The van der Waals surface area contributed by atoms with Gasteiger partial charge in [-0.25, -0.2) is 9.59 Å². The molecular weight excluding hydrogens is 432 g/mol. The lowest BCUT2D eigenvalue weighted by Gasteiger charge is -2.28. The minimum absolute atomic E-state index is 0.0129. The van der Waals surface area contributed by atoms with Crippen LogP contribution in [-0.4, -0.2) is 53.7 Å². The van der Waals surface area contributed by atoms with Gasteiger partial charge in [-0.1, -0.05) is 54.6 Å². The standard InChI is InChI=1S/C27H28N2O5/c30-25(29-13-11-17(12-14-29)26(31)32)18-9-10-19(15-18)28-27(33)34-16-24-22-7-3-1-5-20(22)21-6-2-4-8-23(21)24/h1-8,11,18-19,24H,9-10,12-16H2,(H,28,33)(H,31,32)/t18-,19+/m0/s1. The number of carboxylic acids is 1. The number of rotatable bonds is 5. The molecule has 1 saturated carbocycles. The Morgan fingerprint density at radius 2 is 1.68 bits per heavy atom. The van der Waals surface area contributed by atoms with E-state index in [1.54, 1.807) is 11.0 Å². The van der Waals surface area contributed by atoms with Crippen molar-refractivity contribution in [2.75, 3.05) is 19.7 Å². The average molecular weight is 461 g/mol. The van der Waals surface area contributed by atoms with Crippen molar-refractivity contribution in [2.24, 2.45) is 5.92 Å². The van der Waals surface area contributed by atoms with Gasteiger partial charge in [0.2, 0.25) is 5.91 Å². The van der Waals surface area contributed by atoms with Crippen molar-refractivity contribution < 1.29 is 24.2 Å². The maximum absolute atomic E-state index is 12.8. The summed E-state index contributed by atoms with van der Waals surface area (Å²) in [6.07, 6.45) is 3.55. The van der Waals surface area contributed by atoms with E-state index in [0.29, 0.717) is 37.9 Å². The zero-order valence-electron chi connectivity index (χ0n) is 18.9. The third-order valence-electron chi connectivity index (χ3n) is 7.24. The number of carbonyl (C=O) groups is 3. The largest absolute Gasteiger partial charge is 0.478 e. The van der Waals surface area contributed by atoms with Gasteiger partial charge < -0.3 is 20.1 Å². The van der Waals surface area contributed by atoms with Crippen molar-refractivity contribution >= 4 is 18.0 Å². The molecule has 2 aliphatic carbocycles. The second-order valence-electron chi connectivity index (χ2n) is 9.25. The Balaban J connectivity index is 1.13. The minimum atomic E-state index is -0.916. The molecule has 1 aliphatic heterocycles. The number of carbonyl (C=O) groups excluding carboxylic acids is 2. The molecule has 0 saturated heterocycles. The van der Waals surface area contributed by atoms with E-state index < -0.39 is 12.1 Å². The van der Waals surface area contributed by atoms with Gasteiger partial charge in [0.05, 0.1) is 0 Å². The van der Waals surface area contributed by atoms with Crippen LogP contribution >= 0.6 is 0 Å². The summed E-state index contributed by atoms with van der Waals surface area (Å²) in [5, 5.41) is 12.0. The Labute approximate surface area is 198 Å². The summed E-state index contributed by atoms with van der Waals surface area (Å²) < 4.78 is 5.64. The highest BCUT2D eigenvalue weighted by Gasteiger charge is 2.35. The number of aliphatic carboxylic acids is 1. The van der Waals surface area contributed by atoms with Gasteiger partial charge in [0, 0.05) is 36.5 Å². The summed E-state index contributed by atoms with van der Waals surface area (Å²) in [6.45, 7) is 1.03. The maximum Gasteiger partial charge on any atom is 0.407 e. The normalized spacial score (nSPS) is 21.4. The fourth-order valence-corrected chi connectivity index (χ4v) is 5.47. The van der Waals surface area contributed by atoms with E-state index in [2.05, 4.69) is 29.6 Å². The van der Waals surface area contributed by atoms with Crippen molar-refractivity contribution in [3.05, 3.63) is 71.3 Å². The van der Waals surface area contributed by atoms with Crippen LogP contribution in [0.1, 0.15) is 42.7 Å². The number of hydrogen-bond acceptors (Lipinski definition) is 4. The molecule has 7 heteroatoms. The molecule has 3 aliphatic rings. The fraction of sp³-hybridized carbons (Fsp3) is 0.370. The lowest BCUT2D eigenvalue weighted by atomic mass is 9.98. The number of amides is 2. The first-order valence-corrected chi connectivity index (χ1v) is 11.8. The molecule has 2 atom stereocenters. The number of alkyl carbamates (subject to hydrolysis) is 1. The third kappa shape index (κ3) is 4.30. The summed E-state index contributed by atoms with van der Waals surface area (Å²) in [6, 6.07) is 16.3. The van der Waals surface area contributed by atoms with Crippen LogP contribution in [0.5, 0.6) is 0 Å². The highest BCUT2D eigenvalue weighted by molar-refractivity contribution is 5.87. The lowest BCUT2D eigenvalue weighted by molar-refractivity contribution is -0.137. The molecule has 0 radical (unpaired) electrons. The highest BCUT2D eigenvalue weighted by Crippen LogP contribution is 2.44. The summed E-state index contributed by atoms with van der Waals surface area (Å²) in [7, 11) is 0. The van der Waals surface area contributed by atoms with Gasteiger partial charge in [-0.3, -0.25) is 4.79 Å². The predicted octanol–water partition coefficient (Wildman–Crippen LogP) is 3.94. The van der Waals surface area contributed by atoms with Crippen molar-refractivity contribution in [1.29, 1.82) is 0 Å². The van der Waals surface area contributed by atoms with Crippen LogP contribution in [0.2, 0.25) is 0 Å². The third-order valence-corrected chi connectivity index (χ3v) is 7.24. The first kappa shape index (κ1) is 22.2. The summed E-state index contributed by atoms with van der Waals surface area (Å²) in [5.41, 5.74) is 5.08. The molecule has 1 heterocycles. The topological polar surface area (TPSA) is 95.9 Å². The van der Waals surface area contributed by atoms with Crippen LogP contribution in [0.25, 0.3) is 11.1 Å². The molecule has 2 aromatic rings. The van der Waals surface area contributed by atoms with Crippen LogP contribution in [0.15, 0.2) is 60.2 Å². The van der Waals surface area contributed by atoms with Gasteiger partial charge >= 0.3 is 12.1 Å². The molecule has 0 spiro atoms. The average Bonchev–Trinajstić information content (AvgIpc) is 3.45. The second kappa shape index (κ2) is 9.33.